The second-order valence-corrected chi connectivity index (χ2v) is 7.22. The minimum absolute atomic E-state index is 0.00689. The molecule has 1 fully saturated rings. The fourth-order valence-corrected chi connectivity index (χ4v) is 3.42. The molecule has 150 valence electrons. The molecule has 1 saturated heterocycles. The number of guanidine groups is 1. The number of carbonyl (C=O) groups is 1. The number of benzene rings is 1. The van der Waals surface area contributed by atoms with E-state index in [1.807, 2.05) is 24.3 Å². The zero-order valence-corrected chi connectivity index (χ0v) is 17.3. The topological polar surface area (TPSA) is 66.0 Å². The van der Waals surface area contributed by atoms with Crippen molar-refractivity contribution in [1.29, 1.82) is 0 Å². The standard InChI is InChI=1S/C20H31ClN4O2/c1-4-16(27-18-8-6-5-7-17(18)21)14-24-20(23-3)25-11-9-15(10-12-25)13-19(26)22-2/h5-8,15-16H,4,9-14H2,1-3H3,(H,22,26)(H,23,24). The highest BCUT2D eigenvalue weighted by atomic mass is 35.5. The van der Waals surface area contributed by atoms with Crippen LogP contribution in [-0.4, -0.2) is 56.6 Å². The van der Waals surface area contributed by atoms with Gasteiger partial charge in [0, 0.05) is 33.6 Å². The Labute approximate surface area is 167 Å². The van der Waals surface area contributed by atoms with Gasteiger partial charge in [-0.15, -0.1) is 0 Å². The van der Waals surface area contributed by atoms with Crippen molar-refractivity contribution in [2.75, 3.05) is 33.7 Å². The van der Waals surface area contributed by atoms with Gasteiger partial charge in [-0.2, -0.15) is 0 Å². The van der Waals surface area contributed by atoms with Crippen LogP contribution in [-0.2, 0) is 4.79 Å². The molecule has 1 aromatic carbocycles. The molecule has 0 aliphatic carbocycles. The maximum absolute atomic E-state index is 11.6. The summed E-state index contributed by atoms with van der Waals surface area (Å²) in [4.78, 5) is 18.2. The number of nitrogens with zero attached hydrogens (tertiary/aromatic N) is 2. The van der Waals surface area contributed by atoms with Gasteiger partial charge in [-0.3, -0.25) is 9.79 Å². The normalized spacial score (nSPS) is 16.7. The van der Waals surface area contributed by atoms with Gasteiger partial charge in [0.15, 0.2) is 5.96 Å². The van der Waals surface area contributed by atoms with Crippen LogP contribution in [0.4, 0.5) is 0 Å². The third-order valence-corrected chi connectivity index (χ3v) is 5.26. The van der Waals surface area contributed by atoms with Crippen LogP contribution in [0.25, 0.3) is 0 Å². The fraction of sp³-hybridized carbons (Fsp3) is 0.600. The van der Waals surface area contributed by atoms with Gasteiger partial charge in [-0.1, -0.05) is 30.7 Å². The van der Waals surface area contributed by atoms with Crippen molar-refractivity contribution >= 4 is 23.5 Å². The number of halogens is 1. The van der Waals surface area contributed by atoms with E-state index in [4.69, 9.17) is 16.3 Å². The molecule has 0 radical (unpaired) electrons. The number of hydrogen-bond acceptors (Lipinski definition) is 3. The molecule has 0 saturated carbocycles. The number of amides is 1. The third kappa shape index (κ3) is 6.61. The molecular formula is C20H31ClN4O2. The molecule has 1 aromatic rings. The molecule has 0 bridgehead atoms. The lowest BCUT2D eigenvalue weighted by Crippen LogP contribution is -2.48. The van der Waals surface area contributed by atoms with E-state index in [0.717, 1.165) is 38.3 Å². The van der Waals surface area contributed by atoms with Gasteiger partial charge in [0.2, 0.25) is 5.91 Å². The summed E-state index contributed by atoms with van der Waals surface area (Å²) in [6.07, 6.45) is 3.49. The summed E-state index contributed by atoms with van der Waals surface area (Å²) in [5.74, 6) is 2.16. The Balaban J connectivity index is 1.82. The Kier molecular flexibility index (Phi) is 8.72. The van der Waals surface area contributed by atoms with Crippen molar-refractivity contribution in [1.82, 2.24) is 15.5 Å². The maximum atomic E-state index is 11.6. The highest BCUT2D eigenvalue weighted by molar-refractivity contribution is 6.32. The predicted molar refractivity (Wildman–Crippen MR) is 111 cm³/mol. The van der Waals surface area contributed by atoms with E-state index >= 15 is 0 Å². The number of para-hydroxylation sites is 1. The van der Waals surface area contributed by atoms with Crippen molar-refractivity contribution in [3.05, 3.63) is 29.3 Å². The molecule has 2 rings (SSSR count). The zero-order valence-electron chi connectivity index (χ0n) is 16.5. The zero-order chi connectivity index (χ0) is 19.6. The molecule has 1 amide bonds. The predicted octanol–water partition coefficient (Wildman–Crippen LogP) is 2.92. The van der Waals surface area contributed by atoms with Crippen LogP contribution in [0.3, 0.4) is 0 Å². The van der Waals surface area contributed by atoms with E-state index < -0.39 is 0 Å². The number of nitrogens with one attached hydrogen (secondary N) is 2. The number of ether oxygens (including phenoxy) is 1. The van der Waals surface area contributed by atoms with Crippen LogP contribution >= 0.6 is 11.6 Å². The van der Waals surface area contributed by atoms with Gasteiger partial charge in [0.25, 0.3) is 0 Å². The Hall–Kier alpha value is -1.95. The molecule has 0 aromatic heterocycles. The van der Waals surface area contributed by atoms with Crippen LogP contribution in [0.1, 0.15) is 32.6 Å². The monoisotopic (exact) mass is 394 g/mol. The maximum Gasteiger partial charge on any atom is 0.220 e. The molecule has 1 aliphatic heterocycles. The smallest absolute Gasteiger partial charge is 0.220 e. The van der Waals surface area contributed by atoms with Crippen LogP contribution in [0.2, 0.25) is 5.02 Å². The van der Waals surface area contributed by atoms with Crippen molar-refractivity contribution in [3.8, 4) is 5.75 Å². The lowest BCUT2D eigenvalue weighted by atomic mass is 9.93. The van der Waals surface area contributed by atoms with E-state index in [9.17, 15) is 4.79 Å². The summed E-state index contributed by atoms with van der Waals surface area (Å²) in [5.41, 5.74) is 0. The minimum atomic E-state index is 0.00689. The van der Waals surface area contributed by atoms with E-state index in [1.165, 1.54) is 0 Å². The quantitative estimate of drug-likeness (QED) is 0.551. The first-order valence-electron chi connectivity index (χ1n) is 9.64. The molecule has 1 atom stereocenters. The van der Waals surface area contributed by atoms with Gasteiger partial charge >= 0.3 is 0 Å². The molecule has 1 unspecified atom stereocenters. The second-order valence-electron chi connectivity index (χ2n) is 6.81. The van der Waals surface area contributed by atoms with Gasteiger partial charge in [-0.05, 0) is 37.3 Å². The summed E-state index contributed by atoms with van der Waals surface area (Å²) < 4.78 is 6.04. The number of aliphatic imine (C=N–C) groups is 1. The lowest BCUT2D eigenvalue weighted by molar-refractivity contribution is -0.121. The molecule has 7 heteroatoms. The van der Waals surface area contributed by atoms with Crippen molar-refractivity contribution < 1.29 is 9.53 Å². The molecular weight excluding hydrogens is 364 g/mol. The van der Waals surface area contributed by atoms with E-state index in [1.54, 1.807) is 14.1 Å². The van der Waals surface area contributed by atoms with E-state index in [0.29, 0.717) is 29.7 Å². The molecule has 0 spiro atoms. The Morgan fingerprint density at radius 1 is 1.37 bits per heavy atom. The van der Waals surface area contributed by atoms with Gasteiger partial charge in [0.1, 0.15) is 11.9 Å². The van der Waals surface area contributed by atoms with Gasteiger partial charge < -0.3 is 20.3 Å². The van der Waals surface area contributed by atoms with Crippen LogP contribution < -0.4 is 15.4 Å². The molecule has 1 heterocycles. The number of rotatable bonds is 7. The second kappa shape index (κ2) is 11.0. The Morgan fingerprint density at radius 3 is 2.67 bits per heavy atom. The number of carbonyl (C=O) groups excluding carboxylic acids is 1. The van der Waals surface area contributed by atoms with Crippen LogP contribution in [0.15, 0.2) is 29.3 Å². The fourth-order valence-electron chi connectivity index (χ4n) is 3.24. The number of hydrogen-bond donors (Lipinski definition) is 2. The largest absolute Gasteiger partial charge is 0.487 e. The summed E-state index contributed by atoms with van der Waals surface area (Å²) in [6.45, 7) is 4.57. The van der Waals surface area contributed by atoms with E-state index in [2.05, 4.69) is 27.4 Å². The van der Waals surface area contributed by atoms with Crippen molar-refractivity contribution in [2.45, 2.75) is 38.7 Å². The van der Waals surface area contributed by atoms with Gasteiger partial charge in [0.05, 0.1) is 11.6 Å². The summed E-state index contributed by atoms with van der Waals surface area (Å²) >= 11 is 6.19. The third-order valence-electron chi connectivity index (χ3n) is 4.95. The molecule has 6 nitrogen and oxygen atoms in total. The summed E-state index contributed by atoms with van der Waals surface area (Å²) in [5, 5.41) is 6.76. The van der Waals surface area contributed by atoms with Crippen LogP contribution in [0.5, 0.6) is 5.75 Å². The van der Waals surface area contributed by atoms with E-state index in [-0.39, 0.29) is 12.0 Å². The first-order chi connectivity index (χ1) is 13.1. The van der Waals surface area contributed by atoms with Crippen LogP contribution in [0, 0.1) is 5.92 Å². The summed E-state index contributed by atoms with van der Waals surface area (Å²) in [6, 6.07) is 7.53. The first kappa shape index (κ1) is 21.4. The van der Waals surface area contributed by atoms with Crippen molar-refractivity contribution in [3.63, 3.8) is 0 Å². The lowest BCUT2D eigenvalue weighted by Gasteiger charge is -2.34. The first-order valence-corrected chi connectivity index (χ1v) is 10.0. The van der Waals surface area contributed by atoms with Crippen molar-refractivity contribution in [2.24, 2.45) is 10.9 Å². The minimum Gasteiger partial charge on any atom is -0.487 e. The SMILES string of the molecule is CCC(CNC(=NC)N1CCC(CC(=O)NC)CC1)Oc1ccccc1Cl. The number of likely N-dealkylation sites (tertiary alicyclic amines) is 1. The average Bonchev–Trinajstić information content (AvgIpc) is 2.70. The number of piperidine rings is 1. The summed E-state index contributed by atoms with van der Waals surface area (Å²) in [7, 11) is 3.49. The molecule has 27 heavy (non-hydrogen) atoms. The van der Waals surface area contributed by atoms with Gasteiger partial charge in [-0.25, -0.2) is 0 Å². The average molecular weight is 395 g/mol. The Bertz CT molecular complexity index is 630. The molecule has 1 aliphatic rings. The Morgan fingerprint density at radius 2 is 2.07 bits per heavy atom. The highest BCUT2D eigenvalue weighted by Crippen LogP contribution is 2.25. The molecule has 2 N–H and O–H groups in total. The highest BCUT2D eigenvalue weighted by Gasteiger charge is 2.23.